The van der Waals surface area contributed by atoms with Gasteiger partial charge in [0.15, 0.2) is 6.10 Å². The Morgan fingerprint density at radius 1 is 1.07 bits per heavy atom. The van der Waals surface area contributed by atoms with Gasteiger partial charge in [-0.1, -0.05) is 45.0 Å². The van der Waals surface area contributed by atoms with Crippen LogP contribution in [0.1, 0.15) is 43.6 Å². The van der Waals surface area contributed by atoms with Gasteiger partial charge in [-0.25, -0.2) is 0 Å². The van der Waals surface area contributed by atoms with Gasteiger partial charge < -0.3 is 21.1 Å². The maximum atomic E-state index is 12.5. The highest BCUT2D eigenvalue weighted by Crippen LogP contribution is 2.25. The molecule has 2 amide bonds. The number of nitrogens with two attached hydrogens (primary N) is 1. The van der Waals surface area contributed by atoms with E-state index in [4.69, 9.17) is 10.5 Å². The van der Waals surface area contributed by atoms with Crippen LogP contribution in [0, 0.1) is 0 Å². The van der Waals surface area contributed by atoms with Crippen molar-refractivity contribution in [2.45, 2.75) is 39.2 Å². The fraction of sp³-hybridized carbons (Fsp3) is 0.364. The van der Waals surface area contributed by atoms with E-state index in [1.165, 1.54) is 5.56 Å². The van der Waals surface area contributed by atoms with Crippen molar-refractivity contribution < 1.29 is 14.3 Å². The number of nitrogens with one attached hydrogen (secondary N) is 2. The molecule has 4 N–H and O–H groups in total. The Bertz CT molecular complexity index is 811. The van der Waals surface area contributed by atoms with E-state index in [1.54, 1.807) is 31.2 Å². The molecule has 0 aliphatic carbocycles. The monoisotopic (exact) mass is 383 g/mol. The first kappa shape index (κ1) is 21.4. The average molecular weight is 383 g/mol. The Hall–Kier alpha value is -2.86. The van der Waals surface area contributed by atoms with Crippen molar-refractivity contribution in [1.82, 2.24) is 5.32 Å². The Labute approximate surface area is 166 Å². The largest absolute Gasteiger partial charge is 0.481 e. The van der Waals surface area contributed by atoms with Crippen molar-refractivity contribution in [3.63, 3.8) is 0 Å². The standard InChI is InChI=1S/C22H29N3O3/c1-15(28-17-11-9-16(10-12-17)22(2,3)4)20(26)25-19-8-6-5-7-18(19)21(27)24-14-13-23/h5-12,15H,13-14,23H2,1-4H3,(H,24,27)(H,25,26). The van der Waals surface area contributed by atoms with Crippen molar-refractivity contribution >= 4 is 17.5 Å². The Kier molecular flexibility index (Phi) is 7.18. The lowest BCUT2D eigenvalue weighted by Crippen LogP contribution is -2.33. The maximum absolute atomic E-state index is 12.5. The molecule has 0 saturated carbocycles. The summed E-state index contributed by atoms with van der Waals surface area (Å²) in [7, 11) is 0. The number of amides is 2. The van der Waals surface area contributed by atoms with Crippen LogP contribution >= 0.6 is 0 Å². The Morgan fingerprint density at radius 2 is 1.71 bits per heavy atom. The third-order valence-corrected chi connectivity index (χ3v) is 4.26. The van der Waals surface area contributed by atoms with Crippen LogP contribution in [-0.2, 0) is 10.2 Å². The number of carbonyl (C=O) groups excluding carboxylic acids is 2. The van der Waals surface area contributed by atoms with E-state index in [9.17, 15) is 9.59 Å². The molecule has 28 heavy (non-hydrogen) atoms. The summed E-state index contributed by atoms with van der Waals surface area (Å²) in [5, 5.41) is 5.47. The number of rotatable bonds is 7. The summed E-state index contributed by atoms with van der Waals surface area (Å²) in [5.41, 5.74) is 7.47. The van der Waals surface area contributed by atoms with Crippen molar-refractivity contribution in [3.05, 3.63) is 59.7 Å². The van der Waals surface area contributed by atoms with Crippen molar-refractivity contribution in [3.8, 4) is 5.75 Å². The topological polar surface area (TPSA) is 93.4 Å². The third kappa shape index (κ3) is 5.82. The molecule has 0 heterocycles. The quantitative estimate of drug-likeness (QED) is 0.685. The van der Waals surface area contributed by atoms with E-state index in [0.717, 1.165) is 0 Å². The van der Waals surface area contributed by atoms with Gasteiger partial charge in [0.25, 0.3) is 11.8 Å². The Morgan fingerprint density at radius 3 is 2.32 bits per heavy atom. The number of hydrogen-bond acceptors (Lipinski definition) is 4. The lowest BCUT2D eigenvalue weighted by Gasteiger charge is -2.20. The zero-order valence-electron chi connectivity index (χ0n) is 16.9. The minimum Gasteiger partial charge on any atom is -0.481 e. The normalized spacial score (nSPS) is 12.2. The minimum atomic E-state index is -0.722. The predicted octanol–water partition coefficient (Wildman–Crippen LogP) is 3.08. The fourth-order valence-corrected chi connectivity index (χ4v) is 2.60. The molecule has 0 fully saturated rings. The van der Waals surface area contributed by atoms with Gasteiger partial charge in [0, 0.05) is 13.1 Å². The summed E-state index contributed by atoms with van der Waals surface area (Å²) in [6, 6.07) is 14.5. The second-order valence-corrected chi connectivity index (χ2v) is 7.61. The summed E-state index contributed by atoms with van der Waals surface area (Å²) in [5.74, 6) is -0.00344. The molecule has 0 aliphatic rings. The van der Waals surface area contributed by atoms with Crippen molar-refractivity contribution in [2.75, 3.05) is 18.4 Å². The maximum Gasteiger partial charge on any atom is 0.265 e. The summed E-state index contributed by atoms with van der Waals surface area (Å²) in [4.78, 5) is 24.8. The van der Waals surface area contributed by atoms with Crippen LogP contribution in [0.15, 0.2) is 48.5 Å². The zero-order chi connectivity index (χ0) is 20.7. The van der Waals surface area contributed by atoms with Crippen LogP contribution in [0.25, 0.3) is 0 Å². The van der Waals surface area contributed by atoms with Gasteiger partial charge in [0.2, 0.25) is 0 Å². The molecule has 2 aromatic carbocycles. The first-order valence-electron chi connectivity index (χ1n) is 9.37. The highest BCUT2D eigenvalue weighted by molar-refractivity contribution is 6.04. The molecular formula is C22H29N3O3. The van der Waals surface area contributed by atoms with Crippen LogP contribution in [0.4, 0.5) is 5.69 Å². The molecule has 2 rings (SSSR count). The molecule has 2 aromatic rings. The molecule has 0 saturated heterocycles. The molecule has 0 spiro atoms. The predicted molar refractivity (Wildman–Crippen MR) is 112 cm³/mol. The molecule has 0 aromatic heterocycles. The average Bonchev–Trinajstić information content (AvgIpc) is 2.66. The van der Waals surface area contributed by atoms with Gasteiger partial charge in [0.1, 0.15) is 5.75 Å². The van der Waals surface area contributed by atoms with Gasteiger partial charge in [-0.3, -0.25) is 9.59 Å². The first-order valence-corrected chi connectivity index (χ1v) is 9.37. The highest BCUT2D eigenvalue weighted by atomic mass is 16.5. The van der Waals surface area contributed by atoms with E-state index in [2.05, 4.69) is 31.4 Å². The first-order chi connectivity index (χ1) is 13.2. The summed E-state index contributed by atoms with van der Waals surface area (Å²) < 4.78 is 5.75. The second kappa shape index (κ2) is 9.37. The molecule has 150 valence electrons. The van der Waals surface area contributed by atoms with Gasteiger partial charge in [-0.15, -0.1) is 0 Å². The van der Waals surface area contributed by atoms with E-state index in [-0.39, 0.29) is 17.2 Å². The number of carbonyl (C=O) groups is 2. The molecule has 1 atom stereocenters. The summed E-state index contributed by atoms with van der Waals surface area (Å²) in [6.45, 7) is 8.80. The number of hydrogen-bond donors (Lipinski definition) is 3. The van der Waals surface area contributed by atoms with Gasteiger partial charge in [-0.05, 0) is 42.2 Å². The number of anilines is 1. The van der Waals surface area contributed by atoms with Gasteiger partial charge in [0.05, 0.1) is 11.3 Å². The molecule has 6 nitrogen and oxygen atoms in total. The second-order valence-electron chi connectivity index (χ2n) is 7.61. The van der Waals surface area contributed by atoms with Crippen LogP contribution in [0.3, 0.4) is 0 Å². The minimum absolute atomic E-state index is 0.0513. The molecule has 0 bridgehead atoms. The summed E-state index contributed by atoms with van der Waals surface area (Å²) in [6.07, 6.45) is -0.722. The van der Waals surface area contributed by atoms with Crippen LogP contribution in [0.2, 0.25) is 0 Å². The smallest absolute Gasteiger partial charge is 0.265 e. The van der Waals surface area contributed by atoms with E-state index < -0.39 is 6.10 Å². The number of ether oxygens (including phenoxy) is 1. The fourth-order valence-electron chi connectivity index (χ4n) is 2.60. The van der Waals surface area contributed by atoms with Crippen LogP contribution < -0.4 is 21.1 Å². The SMILES string of the molecule is CC(Oc1ccc(C(C)(C)C)cc1)C(=O)Nc1ccccc1C(=O)NCCN. The van der Waals surface area contributed by atoms with E-state index in [1.807, 2.05) is 24.3 Å². The van der Waals surface area contributed by atoms with Crippen molar-refractivity contribution in [2.24, 2.45) is 5.73 Å². The van der Waals surface area contributed by atoms with E-state index >= 15 is 0 Å². The van der Waals surface area contributed by atoms with Gasteiger partial charge in [-0.2, -0.15) is 0 Å². The molecule has 0 aliphatic heterocycles. The van der Waals surface area contributed by atoms with Crippen molar-refractivity contribution in [1.29, 1.82) is 0 Å². The molecule has 0 radical (unpaired) electrons. The van der Waals surface area contributed by atoms with Crippen LogP contribution in [-0.4, -0.2) is 31.0 Å². The van der Waals surface area contributed by atoms with Crippen LogP contribution in [0.5, 0.6) is 5.75 Å². The molecule has 6 heteroatoms. The third-order valence-electron chi connectivity index (χ3n) is 4.26. The molecule has 1 unspecified atom stereocenters. The van der Waals surface area contributed by atoms with Gasteiger partial charge >= 0.3 is 0 Å². The zero-order valence-corrected chi connectivity index (χ0v) is 16.9. The number of benzene rings is 2. The number of para-hydroxylation sites is 1. The lowest BCUT2D eigenvalue weighted by molar-refractivity contribution is -0.122. The highest BCUT2D eigenvalue weighted by Gasteiger charge is 2.19. The van der Waals surface area contributed by atoms with E-state index in [0.29, 0.717) is 30.1 Å². The Balaban J connectivity index is 2.04. The summed E-state index contributed by atoms with van der Waals surface area (Å²) >= 11 is 0. The molecular weight excluding hydrogens is 354 g/mol. The lowest BCUT2D eigenvalue weighted by atomic mass is 9.87.